The zero-order valence-corrected chi connectivity index (χ0v) is 19.3. The van der Waals surface area contributed by atoms with E-state index in [0.717, 1.165) is 18.4 Å². The molecule has 0 atom stereocenters. The molecule has 0 saturated heterocycles. The van der Waals surface area contributed by atoms with Crippen LogP contribution in [-0.2, 0) is 21.7 Å². The number of hydrogen-bond acceptors (Lipinski definition) is 5. The molecule has 8 nitrogen and oxygen atoms in total. The fraction of sp³-hybridized carbons (Fsp3) is 0.381. The van der Waals surface area contributed by atoms with Crippen LogP contribution in [0.5, 0.6) is 0 Å². The number of benzene rings is 1. The molecule has 1 heterocycles. The number of halogens is 1. The van der Waals surface area contributed by atoms with Crippen LogP contribution in [0.4, 0.5) is 10.1 Å². The lowest BCUT2D eigenvalue weighted by atomic mass is 10.1. The zero-order valence-electron chi connectivity index (χ0n) is 18.5. The minimum Gasteiger partial charge on any atom is -0.345 e. The smallest absolute Gasteiger partial charge is 0.294 e. The van der Waals surface area contributed by atoms with E-state index in [2.05, 4.69) is 10.6 Å². The molecule has 0 aliphatic heterocycles. The molecule has 31 heavy (non-hydrogen) atoms. The number of nitrogens with zero attached hydrogens (tertiary/aromatic N) is 1. The van der Waals surface area contributed by atoms with Crippen molar-refractivity contribution in [2.45, 2.75) is 45.1 Å². The van der Waals surface area contributed by atoms with Crippen molar-refractivity contribution in [3.8, 4) is 0 Å². The lowest BCUT2D eigenvalue weighted by Gasteiger charge is -2.20. The number of anilines is 1. The molecule has 0 bridgehead atoms. The molecule has 10 heteroatoms. The lowest BCUT2D eigenvalue weighted by molar-refractivity contribution is -0.118. The number of rotatable bonds is 5. The van der Waals surface area contributed by atoms with Gasteiger partial charge >= 0.3 is 0 Å². The summed E-state index contributed by atoms with van der Waals surface area (Å²) in [6.45, 7) is 8.40. The minimum absolute atomic E-state index is 0.0698. The lowest BCUT2D eigenvalue weighted by Crippen LogP contribution is -2.44. The molecule has 1 aromatic heterocycles. The van der Waals surface area contributed by atoms with Crippen molar-refractivity contribution in [2.24, 2.45) is 7.05 Å². The first-order chi connectivity index (χ1) is 14.0. The highest BCUT2D eigenvalue weighted by atomic mass is 32.2. The maximum Gasteiger partial charge on any atom is 0.294 e. The Balaban J connectivity index is 2.43. The highest BCUT2D eigenvalue weighted by molar-refractivity contribution is 7.90. The predicted molar refractivity (Wildman–Crippen MR) is 115 cm³/mol. The topological polar surface area (TPSA) is 114 Å². The predicted octanol–water partition coefficient (Wildman–Crippen LogP) is 2.53. The van der Waals surface area contributed by atoms with Gasteiger partial charge in [-0.15, -0.1) is 0 Å². The zero-order chi connectivity index (χ0) is 23.9. The SMILES string of the molecule is Cc1c(C(=O)Nc2ccc(F)c(S(C)(=O)=O)c2)c(C)n(C)c1C(=O)C(=O)NC(C)(C)C. The maximum atomic E-state index is 13.8. The molecule has 2 rings (SSSR count). The van der Waals surface area contributed by atoms with Crippen molar-refractivity contribution >= 4 is 33.1 Å². The molecule has 0 aliphatic carbocycles. The van der Waals surface area contributed by atoms with Crippen LogP contribution in [0.1, 0.15) is 52.9 Å². The Morgan fingerprint density at radius 3 is 2.19 bits per heavy atom. The number of ketones is 1. The average molecular weight is 452 g/mol. The first kappa shape index (κ1) is 24.3. The van der Waals surface area contributed by atoms with Gasteiger partial charge in [-0.1, -0.05) is 0 Å². The summed E-state index contributed by atoms with van der Waals surface area (Å²) in [4.78, 5) is 37.4. The summed E-state index contributed by atoms with van der Waals surface area (Å²) < 4.78 is 38.7. The normalized spacial score (nSPS) is 11.9. The third kappa shape index (κ3) is 5.19. The van der Waals surface area contributed by atoms with Gasteiger partial charge in [0.15, 0.2) is 9.84 Å². The monoisotopic (exact) mass is 451 g/mol. The van der Waals surface area contributed by atoms with Gasteiger partial charge in [0.2, 0.25) is 0 Å². The first-order valence-electron chi connectivity index (χ1n) is 9.38. The molecule has 0 aliphatic rings. The number of Topliss-reactive ketones (excluding diaryl/α,β-unsaturated/α-hetero) is 1. The Morgan fingerprint density at radius 1 is 1.10 bits per heavy atom. The van der Waals surface area contributed by atoms with Crippen molar-refractivity contribution in [2.75, 3.05) is 11.6 Å². The van der Waals surface area contributed by atoms with Gasteiger partial charge in [0.25, 0.3) is 17.6 Å². The largest absolute Gasteiger partial charge is 0.345 e. The number of amides is 2. The summed E-state index contributed by atoms with van der Waals surface area (Å²) in [6.07, 6.45) is 0.864. The number of aromatic nitrogens is 1. The Kier molecular flexibility index (Phi) is 6.46. The molecule has 1 aromatic carbocycles. The highest BCUT2D eigenvalue weighted by Crippen LogP contribution is 2.25. The molecule has 0 fully saturated rings. The van der Waals surface area contributed by atoms with Gasteiger partial charge < -0.3 is 15.2 Å². The summed E-state index contributed by atoms with van der Waals surface area (Å²) in [5, 5.41) is 5.13. The van der Waals surface area contributed by atoms with Crippen LogP contribution in [0.25, 0.3) is 0 Å². The van der Waals surface area contributed by atoms with E-state index in [9.17, 15) is 27.2 Å². The van der Waals surface area contributed by atoms with Crippen LogP contribution < -0.4 is 10.6 Å². The number of nitrogens with one attached hydrogen (secondary N) is 2. The van der Waals surface area contributed by atoms with Crippen molar-refractivity contribution in [1.82, 2.24) is 9.88 Å². The Bertz CT molecular complexity index is 1190. The van der Waals surface area contributed by atoms with Crippen molar-refractivity contribution in [1.29, 1.82) is 0 Å². The molecule has 2 amide bonds. The molecule has 2 N–H and O–H groups in total. The van der Waals surface area contributed by atoms with Crippen molar-refractivity contribution < 1.29 is 27.2 Å². The van der Waals surface area contributed by atoms with Crippen molar-refractivity contribution in [3.05, 3.63) is 46.5 Å². The van der Waals surface area contributed by atoms with Crippen LogP contribution in [-0.4, -0.2) is 42.4 Å². The summed E-state index contributed by atoms with van der Waals surface area (Å²) in [5.41, 5.74) is 0.443. The third-order valence-electron chi connectivity index (χ3n) is 4.66. The molecular formula is C21H26FN3O5S. The third-order valence-corrected chi connectivity index (χ3v) is 5.77. The Hall–Kier alpha value is -3.01. The standard InChI is InChI=1S/C21H26FN3O5S/c1-11-16(12(2)25(6)17(11)18(26)20(28)24-21(3,4)5)19(27)23-13-8-9-14(22)15(10-13)31(7,29)30/h8-10H,1-7H3,(H,23,27)(H,24,28). The molecule has 0 saturated carbocycles. The summed E-state index contributed by atoms with van der Waals surface area (Å²) >= 11 is 0. The number of sulfone groups is 1. The van der Waals surface area contributed by atoms with E-state index in [0.29, 0.717) is 11.3 Å². The minimum atomic E-state index is -3.83. The van der Waals surface area contributed by atoms with Gasteiger partial charge in [-0.05, 0) is 58.4 Å². The highest BCUT2D eigenvalue weighted by Gasteiger charge is 2.30. The van der Waals surface area contributed by atoms with Gasteiger partial charge in [0.1, 0.15) is 10.7 Å². The molecule has 0 radical (unpaired) electrons. The number of carbonyl (C=O) groups excluding carboxylic acids is 3. The number of hydrogen-bond donors (Lipinski definition) is 2. The van der Waals surface area contributed by atoms with Crippen LogP contribution in [0.3, 0.4) is 0 Å². The Labute approximate surface area is 180 Å². The summed E-state index contributed by atoms with van der Waals surface area (Å²) in [6, 6.07) is 3.21. The van der Waals surface area contributed by atoms with Gasteiger partial charge in [-0.25, -0.2) is 12.8 Å². The van der Waals surface area contributed by atoms with E-state index in [1.54, 1.807) is 41.7 Å². The average Bonchev–Trinajstić information content (AvgIpc) is 2.82. The quantitative estimate of drug-likeness (QED) is 0.536. The molecule has 0 spiro atoms. The molecular weight excluding hydrogens is 425 g/mol. The van der Waals surface area contributed by atoms with E-state index in [4.69, 9.17) is 0 Å². The van der Waals surface area contributed by atoms with Crippen LogP contribution in [0, 0.1) is 19.7 Å². The van der Waals surface area contributed by atoms with Crippen molar-refractivity contribution in [3.63, 3.8) is 0 Å². The maximum absolute atomic E-state index is 13.8. The van der Waals surface area contributed by atoms with Gasteiger partial charge in [-0.3, -0.25) is 14.4 Å². The second-order valence-electron chi connectivity index (χ2n) is 8.40. The number of carbonyl (C=O) groups is 3. The van der Waals surface area contributed by atoms with Gasteiger partial charge in [-0.2, -0.15) is 0 Å². The second kappa shape index (κ2) is 8.26. The fourth-order valence-electron chi connectivity index (χ4n) is 3.20. The first-order valence-corrected chi connectivity index (χ1v) is 11.3. The van der Waals surface area contributed by atoms with Gasteiger partial charge in [0, 0.05) is 30.2 Å². The second-order valence-corrected chi connectivity index (χ2v) is 10.4. The van der Waals surface area contributed by atoms with E-state index in [1.165, 1.54) is 10.6 Å². The van der Waals surface area contributed by atoms with E-state index in [1.807, 2.05) is 0 Å². The van der Waals surface area contributed by atoms with Gasteiger partial charge in [0.05, 0.1) is 11.3 Å². The molecule has 0 unspecified atom stereocenters. The fourth-order valence-corrected chi connectivity index (χ4v) is 3.96. The van der Waals surface area contributed by atoms with E-state index >= 15 is 0 Å². The molecule has 2 aromatic rings. The van der Waals surface area contributed by atoms with E-state index in [-0.39, 0.29) is 16.9 Å². The Morgan fingerprint density at radius 2 is 1.68 bits per heavy atom. The van der Waals surface area contributed by atoms with Crippen LogP contribution in [0.15, 0.2) is 23.1 Å². The summed E-state index contributed by atoms with van der Waals surface area (Å²) in [5.74, 6) is -3.12. The van der Waals surface area contributed by atoms with E-state index < -0.39 is 43.7 Å². The molecule has 168 valence electrons. The summed E-state index contributed by atoms with van der Waals surface area (Å²) in [7, 11) is -2.26. The van der Waals surface area contributed by atoms with Crippen LogP contribution >= 0.6 is 0 Å². The van der Waals surface area contributed by atoms with Crippen LogP contribution in [0.2, 0.25) is 0 Å².